The first-order chi connectivity index (χ1) is 13.8. The zero-order valence-corrected chi connectivity index (χ0v) is 19.9. The van der Waals surface area contributed by atoms with E-state index in [1.54, 1.807) is 11.3 Å². The summed E-state index contributed by atoms with van der Waals surface area (Å²) < 4.78 is 11.8. The van der Waals surface area contributed by atoms with Gasteiger partial charge in [-0.1, -0.05) is 30.3 Å². The number of hydrogen-bond acceptors (Lipinski definition) is 5. The van der Waals surface area contributed by atoms with Crippen LogP contribution in [0, 0.1) is 0 Å². The van der Waals surface area contributed by atoms with E-state index in [1.807, 2.05) is 18.2 Å². The van der Waals surface area contributed by atoms with Gasteiger partial charge < -0.3 is 19.7 Å². The van der Waals surface area contributed by atoms with Crippen LogP contribution in [0.1, 0.15) is 24.8 Å². The first-order valence-corrected chi connectivity index (χ1v) is 11.0. The smallest absolute Gasteiger partial charge is 0.194 e. The minimum Gasteiger partial charge on any atom is -0.375 e. The number of nitrogens with one attached hydrogen (secondary N) is 1. The van der Waals surface area contributed by atoms with Crippen LogP contribution in [-0.4, -0.2) is 60.9 Å². The number of hydrogen-bond donors (Lipinski definition) is 1. The average Bonchev–Trinajstić information content (AvgIpc) is 3.44. The maximum Gasteiger partial charge on any atom is 0.194 e. The molecule has 8 heteroatoms. The van der Waals surface area contributed by atoms with E-state index in [-0.39, 0.29) is 36.2 Å². The molecule has 6 nitrogen and oxygen atoms in total. The molecular formula is C21H29IN4O2S. The van der Waals surface area contributed by atoms with Crippen LogP contribution in [0.15, 0.2) is 40.7 Å². The van der Waals surface area contributed by atoms with E-state index in [2.05, 4.69) is 34.7 Å². The third kappa shape index (κ3) is 5.90. The molecule has 2 fully saturated rings. The molecule has 2 saturated heterocycles. The molecule has 2 aliphatic heterocycles. The Morgan fingerprint density at radius 1 is 1.24 bits per heavy atom. The Morgan fingerprint density at radius 2 is 2.07 bits per heavy atom. The topological polar surface area (TPSA) is 59.0 Å². The van der Waals surface area contributed by atoms with Crippen LogP contribution in [0.25, 0.3) is 11.3 Å². The number of aliphatic imine (C=N–C) groups is 1. The summed E-state index contributed by atoms with van der Waals surface area (Å²) in [6.07, 6.45) is 2.57. The first kappa shape index (κ1) is 22.5. The largest absolute Gasteiger partial charge is 0.375 e. The van der Waals surface area contributed by atoms with Crippen molar-refractivity contribution in [2.75, 3.05) is 32.8 Å². The number of rotatable bonds is 5. The summed E-state index contributed by atoms with van der Waals surface area (Å²) in [7, 11) is 0. The van der Waals surface area contributed by atoms with Crippen LogP contribution in [0.5, 0.6) is 0 Å². The number of halogens is 1. The summed E-state index contributed by atoms with van der Waals surface area (Å²) in [5, 5.41) is 6.56. The zero-order valence-electron chi connectivity index (χ0n) is 16.8. The fourth-order valence-corrected chi connectivity index (χ4v) is 4.41. The maximum atomic E-state index is 5.98. The Balaban J connectivity index is 0.00000240. The lowest BCUT2D eigenvalue weighted by Crippen LogP contribution is -2.53. The number of aromatic nitrogens is 1. The van der Waals surface area contributed by atoms with Gasteiger partial charge in [-0.25, -0.2) is 9.98 Å². The monoisotopic (exact) mass is 528 g/mol. The van der Waals surface area contributed by atoms with Gasteiger partial charge in [0, 0.05) is 37.2 Å². The highest BCUT2D eigenvalue weighted by Gasteiger charge is 2.32. The van der Waals surface area contributed by atoms with Gasteiger partial charge in [-0.3, -0.25) is 0 Å². The van der Waals surface area contributed by atoms with Crippen molar-refractivity contribution in [1.82, 2.24) is 15.2 Å². The second-order valence-corrected chi connectivity index (χ2v) is 8.01. The SMILES string of the molecule is CCNC(=NCc1nc(-c2ccccc2)cs1)N1CCOC(C2CCCO2)C1.I. The number of morpholine rings is 1. The van der Waals surface area contributed by atoms with E-state index in [0.29, 0.717) is 13.2 Å². The normalized spacial score (nSPS) is 22.4. The molecule has 0 radical (unpaired) electrons. The molecule has 3 heterocycles. The summed E-state index contributed by atoms with van der Waals surface area (Å²) in [6, 6.07) is 10.3. The van der Waals surface area contributed by atoms with Gasteiger partial charge in [0.2, 0.25) is 0 Å². The van der Waals surface area contributed by atoms with E-state index in [9.17, 15) is 0 Å². The van der Waals surface area contributed by atoms with Crippen LogP contribution >= 0.6 is 35.3 Å². The minimum absolute atomic E-state index is 0. The molecule has 4 rings (SSSR count). The summed E-state index contributed by atoms with van der Waals surface area (Å²) in [5.74, 6) is 0.935. The third-order valence-corrected chi connectivity index (χ3v) is 5.93. The minimum atomic E-state index is 0. The highest BCUT2D eigenvalue weighted by Crippen LogP contribution is 2.23. The highest BCUT2D eigenvalue weighted by atomic mass is 127. The van der Waals surface area contributed by atoms with Crippen molar-refractivity contribution in [2.45, 2.75) is 38.5 Å². The quantitative estimate of drug-likeness (QED) is 0.364. The van der Waals surface area contributed by atoms with Gasteiger partial charge in [-0.15, -0.1) is 35.3 Å². The summed E-state index contributed by atoms with van der Waals surface area (Å²) in [4.78, 5) is 11.9. The number of guanidine groups is 1. The molecule has 0 spiro atoms. The summed E-state index contributed by atoms with van der Waals surface area (Å²) in [5.41, 5.74) is 2.17. The highest BCUT2D eigenvalue weighted by molar-refractivity contribution is 14.0. The predicted molar refractivity (Wildman–Crippen MR) is 128 cm³/mol. The van der Waals surface area contributed by atoms with Gasteiger partial charge in [0.15, 0.2) is 5.96 Å². The number of ether oxygens (including phenoxy) is 2. The standard InChI is InChI=1S/C21H28N4O2S.HI/c1-2-22-21(25-10-12-27-19(14-25)18-9-6-11-26-18)23-13-20-24-17(15-28-20)16-7-4-3-5-8-16;/h3-5,7-8,15,18-19H,2,6,9-14H2,1H3,(H,22,23);1H. The fourth-order valence-electron chi connectivity index (χ4n) is 3.68. The Morgan fingerprint density at radius 3 is 2.83 bits per heavy atom. The number of benzene rings is 1. The lowest BCUT2D eigenvalue weighted by Gasteiger charge is -2.37. The Bertz CT molecular complexity index is 780. The molecule has 29 heavy (non-hydrogen) atoms. The van der Waals surface area contributed by atoms with Crippen LogP contribution in [-0.2, 0) is 16.0 Å². The first-order valence-electron chi connectivity index (χ1n) is 10.1. The van der Waals surface area contributed by atoms with Gasteiger partial charge in [0.05, 0.1) is 24.9 Å². The summed E-state index contributed by atoms with van der Waals surface area (Å²) >= 11 is 1.66. The summed E-state index contributed by atoms with van der Waals surface area (Å²) in [6.45, 7) is 6.77. The lowest BCUT2D eigenvalue weighted by atomic mass is 10.1. The average molecular weight is 528 g/mol. The second kappa shape index (κ2) is 11.2. The van der Waals surface area contributed by atoms with Crippen molar-refractivity contribution in [1.29, 1.82) is 0 Å². The molecule has 1 N–H and O–H groups in total. The molecule has 2 aromatic rings. The molecule has 0 amide bonds. The van der Waals surface area contributed by atoms with Crippen LogP contribution in [0.4, 0.5) is 0 Å². The number of nitrogens with zero attached hydrogens (tertiary/aromatic N) is 3. The predicted octanol–water partition coefficient (Wildman–Crippen LogP) is 3.77. The molecule has 2 unspecified atom stereocenters. The van der Waals surface area contributed by atoms with E-state index < -0.39 is 0 Å². The molecule has 2 atom stereocenters. The lowest BCUT2D eigenvalue weighted by molar-refractivity contribution is -0.0817. The van der Waals surface area contributed by atoms with Crippen LogP contribution in [0.2, 0.25) is 0 Å². The van der Waals surface area contributed by atoms with Crippen molar-refractivity contribution in [3.63, 3.8) is 0 Å². The molecule has 2 aliphatic rings. The second-order valence-electron chi connectivity index (χ2n) is 7.07. The van der Waals surface area contributed by atoms with Gasteiger partial charge in [-0.2, -0.15) is 0 Å². The fraction of sp³-hybridized carbons (Fsp3) is 0.524. The van der Waals surface area contributed by atoms with Gasteiger partial charge in [-0.05, 0) is 19.8 Å². The van der Waals surface area contributed by atoms with Gasteiger partial charge in [0.25, 0.3) is 0 Å². The van der Waals surface area contributed by atoms with Gasteiger partial charge >= 0.3 is 0 Å². The zero-order chi connectivity index (χ0) is 19.2. The van der Waals surface area contributed by atoms with Gasteiger partial charge in [0.1, 0.15) is 11.1 Å². The van der Waals surface area contributed by atoms with E-state index >= 15 is 0 Å². The molecule has 0 saturated carbocycles. The van der Waals surface area contributed by atoms with E-state index in [4.69, 9.17) is 19.5 Å². The molecule has 0 aliphatic carbocycles. The third-order valence-electron chi connectivity index (χ3n) is 5.09. The van der Waals surface area contributed by atoms with Crippen molar-refractivity contribution in [2.24, 2.45) is 4.99 Å². The Labute approximate surface area is 193 Å². The van der Waals surface area contributed by atoms with Crippen molar-refractivity contribution in [3.8, 4) is 11.3 Å². The van der Waals surface area contributed by atoms with Crippen molar-refractivity contribution >= 4 is 41.3 Å². The van der Waals surface area contributed by atoms with Crippen LogP contribution < -0.4 is 5.32 Å². The molecule has 1 aromatic carbocycles. The molecular weight excluding hydrogens is 499 g/mol. The molecule has 0 bridgehead atoms. The van der Waals surface area contributed by atoms with Crippen LogP contribution in [0.3, 0.4) is 0 Å². The maximum absolute atomic E-state index is 5.98. The Hall–Kier alpha value is -1.23. The van der Waals surface area contributed by atoms with E-state index in [0.717, 1.165) is 61.3 Å². The van der Waals surface area contributed by atoms with Crippen molar-refractivity contribution in [3.05, 3.63) is 40.7 Å². The molecule has 1 aromatic heterocycles. The van der Waals surface area contributed by atoms with E-state index in [1.165, 1.54) is 0 Å². The Kier molecular flexibility index (Phi) is 8.70. The van der Waals surface area contributed by atoms with Crippen molar-refractivity contribution < 1.29 is 9.47 Å². The number of thiazole rings is 1. The molecule has 158 valence electrons.